The molecule has 1 atom stereocenters. The molecule has 0 bridgehead atoms. The number of ether oxygens (including phenoxy) is 1. The summed E-state index contributed by atoms with van der Waals surface area (Å²) in [6.07, 6.45) is 0. The molecule has 1 amide bonds. The number of carbonyl (C=O) groups excluding carboxylic acids is 2. The fourth-order valence-electron chi connectivity index (χ4n) is 4.17. The number of phenols is 1. The van der Waals surface area contributed by atoms with Crippen molar-refractivity contribution in [3.8, 4) is 5.75 Å². The van der Waals surface area contributed by atoms with Crippen molar-refractivity contribution in [3.05, 3.63) is 85.7 Å². The van der Waals surface area contributed by atoms with Crippen molar-refractivity contribution >= 4 is 39.3 Å². The van der Waals surface area contributed by atoms with Gasteiger partial charge in [0, 0.05) is 0 Å². The molecule has 1 aliphatic heterocycles. The third kappa shape index (κ3) is 3.36. The number of thiazole rings is 1. The van der Waals surface area contributed by atoms with E-state index in [1.54, 1.807) is 44.2 Å². The number of aryl methyl sites for hydroxylation is 2. The second-order valence-corrected chi connectivity index (χ2v) is 8.96. The Morgan fingerprint density at radius 2 is 2.00 bits per heavy atom. The van der Waals surface area contributed by atoms with Crippen LogP contribution in [0.25, 0.3) is 11.0 Å². The van der Waals surface area contributed by atoms with Crippen molar-refractivity contribution in [2.45, 2.75) is 26.8 Å². The number of rotatable bonds is 4. The van der Waals surface area contributed by atoms with Crippen LogP contribution in [0.1, 0.15) is 55.6 Å². The van der Waals surface area contributed by atoms with Crippen LogP contribution in [-0.4, -0.2) is 28.6 Å². The first-order valence-electron chi connectivity index (χ1n) is 10.6. The fraction of sp³-hybridized carbons (Fsp3) is 0.200. The van der Waals surface area contributed by atoms with Crippen LogP contribution < -0.4 is 10.3 Å². The Bertz CT molecular complexity index is 1540. The quantitative estimate of drug-likeness (QED) is 0.432. The van der Waals surface area contributed by atoms with Crippen LogP contribution in [0.15, 0.2) is 51.7 Å². The van der Waals surface area contributed by atoms with Crippen LogP contribution in [0, 0.1) is 13.8 Å². The van der Waals surface area contributed by atoms with E-state index in [0.717, 1.165) is 16.9 Å². The summed E-state index contributed by atoms with van der Waals surface area (Å²) in [6.45, 7) is 5.43. The molecule has 0 aliphatic carbocycles. The fourth-order valence-corrected chi connectivity index (χ4v) is 5.15. The molecule has 0 saturated carbocycles. The van der Waals surface area contributed by atoms with Gasteiger partial charge in [-0.05, 0) is 50.6 Å². The Kier molecular flexibility index (Phi) is 5.21. The molecule has 0 saturated heterocycles. The Morgan fingerprint density at radius 3 is 2.74 bits per heavy atom. The van der Waals surface area contributed by atoms with E-state index in [9.17, 15) is 19.5 Å². The van der Waals surface area contributed by atoms with Crippen LogP contribution >= 0.6 is 11.3 Å². The predicted octanol–water partition coefficient (Wildman–Crippen LogP) is 4.50. The second kappa shape index (κ2) is 8.11. The Morgan fingerprint density at radius 1 is 1.21 bits per heavy atom. The van der Waals surface area contributed by atoms with E-state index in [1.165, 1.54) is 17.0 Å². The number of benzene rings is 2. The van der Waals surface area contributed by atoms with Gasteiger partial charge in [0.1, 0.15) is 16.2 Å². The van der Waals surface area contributed by atoms with Gasteiger partial charge in [-0.2, -0.15) is 0 Å². The first kappa shape index (κ1) is 21.8. The monoisotopic (exact) mass is 476 g/mol. The van der Waals surface area contributed by atoms with Crippen molar-refractivity contribution in [2.24, 2.45) is 0 Å². The van der Waals surface area contributed by atoms with E-state index >= 15 is 0 Å². The zero-order valence-corrected chi connectivity index (χ0v) is 19.4. The number of aromatic hydroxyl groups is 1. The minimum Gasteiger partial charge on any atom is -0.508 e. The number of hydrogen-bond donors (Lipinski definition) is 1. The number of fused-ring (bicyclic) bond motifs is 2. The zero-order valence-electron chi connectivity index (χ0n) is 18.6. The number of amides is 1. The number of esters is 1. The highest BCUT2D eigenvalue weighted by molar-refractivity contribution is 7.17. The van der Waals surface area contributed by atoms with Crippen LogP contribution in [0.2, 0.25) is 0 Å². The molecule has 2 aromatic carbocycles. The lowest BCUT2D eigenvalue weighted by Gasteiger charge is -2.22. The highest BCUT2D eigenvalue weighted by Crippen LogP contribution is 2.43. The van der Waals surface area contributed by atoms with Crippen molar-refractivity contribution in [3.63, 3.8) is 0 Å². The molecule has 9 heteroatoms. The van der Waals surface area contributed by atoms with Crippen LogP contribution in [0.5, 0.6) is 5.75 Å². The maximum absolute atomic E-state index is 13.6. The summed E-state index contributed by atoms with van der Waals surface area (Å²) in [4.78, 5) is 45.7. The van der Waals surface area contributed by atoms with Crippen LogP contribution in [-0.2, 0) is 4.74 Å². The molecular formula is C25H20N2O6S. The van der Waals surface area contributed by atoms with Gasteiger partial charge in [-0.1, -0.05) is 35.1 Å². The molecule has 4 aromatic rings. The zero-order chi connectivity index (χ0) is 24.1. The topological polar surface area (TPSA) is 110 Å². The molecule has 8 nitrogen and oxygen atoms in total. The van der Waals surface area contributed by atoms with Crippen LogP contribution in [0.3, 0.4) is 0 Å². The van der Waals surface area contributed by atoms with Crippen molar-refractivity contribution in [1.82, 2.24) is 4.98 Å². The van der Waals surface area contributed by atoms with Gasteiger partial charge in [0.2, 0.25) is 5.76 Å². The van der Waals surface area contributed by atoms with E-state index in [4.69, 9.17) is 9.15 Å². The minimum atomic E-state index is -0.892. The maximum Gasteiger partial charge on any atom is 0.350 e. The third-order valence-corrected chi connectivity index (χ3v) is 6.80. The van der Waals surface area contributed by atoms with Gasteiger partial charge in [0.15, 0.2) is 10.6 Å². The number of aromatic nitrogens is 1. The standard InChI is InChI=1S/C25H20N2O6S/c1-4-32-24(31)22-13(3)26-25(34-22)27-19(14-6-5-7-15(28)11-14)18-20(29)16-10-12(2)8-9-17(16)33-21(18)23(27)30/h5-11,19,28H,4H2,1-3H3/t19-/m0/s1. The number of phenolic OH excluding ortho intramolecular Hbond substituents is 1. The van der Waals surface area contributed by atoms with E-state index in [1.807, 2.05) is 6.92 Å². The van der Waals surface area contributed by atoms with E-state index in [0.29, 0.717) is 22.2 Å². The molecule has 5 rings (SSSR count). The van der Waals surface area contributed by atoms with Gasteiger partial charge < -0.3 is 14.3 Å². The summed E-state index contributed by atoms with van der Waals surface area (Å²) in [5.41, 5.74) is 1.95. The van der Waals surface area contributed by atoms with Gasteiger partial charge >= 0.3 is 5.97 Å². The van der Waals surface area contributed by atoms with Crippen molar-refractivity contribution in [2.75, 3.05) is 11.5 Å². The van der Waals surface area contributed by atoms with E-state index in [-0.39, 0.29) is 39.1 Å². The summed E-state index contributed by atoms with van der Waals surface area (Å²) in [5.74, 6) is -1.17. The molecule has 0 radical (unpaired) electrons. The van der Waals surface area contributed by atoms with Gasteiger partial charge in [-0.15, -0.1) is 0 Å². The first-order chi connectivity index (χ1) is 16.3. The van der Waals surface area contributed by atoms with Gasteiger partial charge in [-0.3, -0.25) is 14.5 Å². The Hall–Kier alpha value is -3.98. The van der Waals surface area contributed by atoms with Crippen molar-refractivity contribution < 1.29 is 23.8 Å². The maximum atomic E-state index is 13.6. The first-order valence-corrected chi connectivity index (χ1v) is 11.5. The normalized spacial score (nSPS) is 15.1. The average Bonchev–Trinajstić information content (AvgIpc) is 3.32. The van der Waals surface area contributed by atoms with Gasteiger partial charge in [0.25, 0.3) is 5.91 Å². The summed E-state index contributed by atoms with van der Waals surface area (Å²) < 4.78 is 11.1. The number of nitrogens with zero attached hydrogens (tertiary/aromatic N) is 2. The molecule has 172 valence electrons. The minimum absolute atomic E-state index is 0.0121. The lowest BCUT2D eigenvalue weighted by molar-refractivity contribution is 0.0531. The van der Waals surface area contributed by atoms with Crippen molar-refractivity contribution in [1.29, 1.82) is 0 Å². The Balaban J connectivity index is 1.76. The Labute approximate surface area is 198 Å². The average molecular weight is 477 g/mol. The molecule has 0 spiro atoms. The van der Waals surface area contributed by atoms with Gasteiger partial charge in [0.05, 0.1) is 29.3 Å². The molecule has 0 unspecified atom stereocenters. The molecule has 2 aromatic heterocycles. The van der Waals surface area contributed by atoms with E-state index in [2.05, 4.69) is 4.98 Å². The highest BCUT2D eigenvalue weighted by atomic mass is 32.1. The van der Waals surface area contributed by atoms with Crippen LogP contribution in [0.4, 0.5) is 5.13 Å². The number of hydrogen-bond acceptors (Lipinski definition) is 8. The SMILES string of the molecule is CCOC(=O)c1sc(N2C(=O)c3oc4ccc(C)cc4c(=O)c3[C@@H]2c2cccc(O)c2)nc1C. The van der Waals surface area contributed by atoms with E-state index < -0.39 is 17.9 Å². The summed E-state index contributed by atoms with van der Waals surface area (Å²) in [7, 11) is 0. The molecule has 0 fully saturated rings. The molecular weight excluding hydrogens is 456 g/mol. The predicted molar refractivity (Wildman–Crippen MR) is 127 cm³/mol. The summed E-state index contributed by atoms with van der Waals surface area (Å²) >= 11 is 1.01. The highest BCUT2D eigenvalue weighted by Gasteiger charge is 2.45. The lowest BCUT2D eigenvalue weighted by atomic mass is 9.98. The van der Waals surface area contributed by atoms with Gasteiger partial charge in [-0.25, -0.2) is 9.78 Å². The smallest absolute Gasteiger partial charge is 0.350 e. The number of carbonyl (C=O) groups is 2. The molecule has 1 N–H and O–H groups in total. The molecule has 3 heterocycles. The summed E-state index contributed by atoms with van der Waals surface area (Å²) in [5, 5.41) is 10.7. The summed E-state index contributed by atoms with van der Waals surface area (Å²) in [6, 6.07) is 10.6. The molecule has 1 aliphatic rings. The largest absolute Gasteiger partial charge is 0.508 e. The second-order valence-electron chi connectivity index (χ2n) is 7.98. The molecule has 34 heavy (non-hydrogen) atoms. The third-order valence-electron chi connectivity index (χ3n) is 5.66. The number of anilines is 1. The lowest BCUT2D eigenvalue weighted by Crippen LogP contribution is -2.29.